The molecule has 0 aromatic heterocycles. The Hall–Kier alpha value is 0.700. The van der Waals surface area contributed by atoms with Crippen molar-refractivity contribution in [1.29, 1.82) is 0 Å². The van der Waals surface area contributed by atoms with Crippen LogP contribution in [0.5, 0.6) is 0 Å². The number of aliphatic hydroxyl groups excluding tert-OH is 1. The van der Waals surface area contributed by atoms with Gasteiger partial charge in [-0.15, -0.1) is 0 Å². The number of nitrogens with zero attached hydrogens (tertiary/aromatic N) is 2. The third-order valence-corrected chi connectivity index (χ3v) is 16.8. The molecule has 75 heavy (non-hydrogen) atoms. The van der Waals surface area contributed by atoms with E-state index in [-0.39, 0.29) is 63.8 Å². The molecule has 10 radical (unpaired) electrons. The molecule has 4 N–H and O–H groups in total. The van der Waals surface area contributed by atoms with E-state index in [0.29, 0.717) is 45.8 Å². The Kier molecular flexibility index (Phi) is 34.4. The monoisotopic (exact) mass is 1160 g/mol. The molecule has 26 nitrogen and oxygen atoms in total. The van der Waals surface area contributed by atoms with Gasteiger partial charge < -0.3 is 94.7 Å². The van der Waals surface area contributed by atoms with Gasteiger partial charge in [0.05, 0.1) is 72.4 Å². The van der Waals surface area contributed by atoms with Crippen LogP contribution in [-0.4, -0.2) is 288 Å². The summed E-state index contributed by atoms with van der Waals surface area (Å²) >= 11 is 0. The molecule has 5 aliphatic heterocycles. The fraction of sp³-hybridized carbons (Fsp3) is 1.00. The first-order valence-electron chi connectivity index (χ1n) is 23.3. The van der Waals surface area contributed by atoms with Crippen LogP contribution >= 0.6 is 37.2 Å². The van der Waals surface area contributed by atoms with Crippen molar-refractivity contribution in [2.24, 2.45) is 0 Å². The van der Waals surface area contributed by atoms with Crippen molar-refractivity contribution < 1.29 is 99.2 Å². The molecule has 0 aromatic rings. The van der Waals surface area contributed by atoms with Crippen LogP contribution in [0, 0.1) is 0 Å². The van der Waals surface area contributed by atoms with Crippen molar-refractivity contribution >= 4 is 84.0 Å². The Morgan fingerprint density at radius 1 is 0.680 bits per heavy atom. The second-order valence-electron chi connectivity index (χ2n) is 17.9. The Morgan fingerprint density at radius 3 is 1.61 bits per heavy atom. The Balaban J connectivity index is 0.000000472. The predicted octanol–water partition coefficient (Wildman–Crippen LogP) is -4.18. The lowest BCUT2D eigenvalue weighted by atomic mass is 9.92. The van der Waals surface area contributed by atoms with E-state index >= 15 is 0 Å². The highest BCUT2D eigenvalue weighted by Crippen LogP contribution is 2.48. The number of nitrogens with one attached hydrogen (secondary N) is 3. The molecule has 5 heterocycles. The van der Waals surface area contributed by atoms with Gasteiger partial charge in [0.1, 0.15) is 65.1 Å². The summed E-state index contributed by atoms with van der Waals surface area (Å²) in [5, 5.41) is 16.8. The maximum Gasteiger partial charge on any atom is 0.213 e. The van der Waals surface area contributed by atoms with Gasteiger partial charge in [0, 0.05) is 118 Å². The van der Waals surface area contributed by atoms with Gasteiger partial charge in [0.15, 0.2) is 6.29 Å². The third-order valence-electron chi connectivity index (χ3n) is 11.1. The fourth-order valence-electron chi connectivity index (χ4n) is 7.56. The molecule has 0 bridgehead atoms. The summed E-state index contributed by atoms with van der Waals surface area (Å²) in [6.07, 6.45) is -1.60. The highest BCUT2D eigenvalue weighted by Gasteiger charge is 2.45. The average molecular weight is 1160 g/mol. The van der Waals surface area contributed by atoms with Crippen molar-refractivity contribution in [3.05, 3.63) is 0 Å². The van der Waals surface area contributed by atoms with E-state index in [9.17, 15) is 37.5 Å². The van der Waals surface area contributed by atoms with Gasteiger partial charge in [-0.05, 0) is 60.5 Å². The van der Waals surface area contributed by atoms with Gasteiger partial charge in [-0.1, -0.05) is 0 Å². The lowest BCUT2D eigenvalue weighted by molar-refractivity contribution is -0.205. The summed E-state index contributed by atoms with van der Waals surface area (Å²) in [5.41, 5.74) is 0. The van der Waals surface area contributed by atoms with Gasteiger partial charge >= 0.3 is 0 Å². The number of rotatable bonds is 22. The van der Waals surface area contributed by atoms with E-state index in [4.69, 9.17) is 101 Å². The number of ether oxygens (including phenoxy) is 11. The molecule has 11 unspecified atom stereocenters. The third kappa shape index (κ3) is 29.5. The Labute approximate surface area is 452 Å². The molecule has 5 fully saturated rings. The van der Waals surface area contributed by atoms with Crippen LogP contribution in [0.4, 0.5) is 0 Å². The van der Waals surface area contributed by atoms with Crippen LogP contribution in [0.25, 0.3) is 0 Å². The minimum absolute atomic E-state index is 0.0241. The Morgan fingerprint density at radius 2 is 1.19 bits per heavy atom. The first kappa shape index (κ1) is 73.7. The average Bonchev–Trinajstić information content (AvgIpc) is 3.99. The molecule has 0 aromatic carbocycles. The molecule has 37 heteroatoms. The highest BCUT2D eigenvalue weighted by atomic mass is 31.2. The van der Waals surface area contributed by atoms with E-state index in [1.165, 1.54) is 21.3 Å². The normalized spacial score (nSPS) is 35.8. The van der Waals surface area contributed by atoms with E-state index in [1.54, 1.807) is 46.3 Å². The summed E-state index contributed by atoms with van der Waals surface area (Å²) < 4.78 is 123. The van der Waals surface area contributed by atoms with E-state index < -0.39 is 91.9 Å². The standard InChI is InChI=1S/C10H20BO7P.C8H18BN2O3P.C7H17B2NO3P.C7H15BNO4P.C6H13BNO4P/c1-15-6-7-8(18-19(2,13)14)9(10(11)17-7)16-5-3-4-12;1-10(2)15(4,12)11-5-7(9)14-8(6-11)13-3;1-12-4-6-5(3-7(8)13-6)10-14(2,9)11;1-12-4-6-5(3-7(8)13-6)9-14(2,10)11;1-11-4-3-12-6(7)5(4)8-13(2,9)10/h7-10,12H,3-6H2,1-2H3,(H,13,14);7-8H,5-6H2,1-4H3;5-7H,3-4H2,1-2,9H3,(H,10,11);5-7H,3-4H2,1-2H3,(H2,9,10,11);4-6H,3H2,1-2H3,(H2,8,9,10)/q;;-1;;/p-3/t7-,8?,9+,10-;;5?,6-,7-,14?;5?,6-,7-;4?,5-,6+/m1.110/s1. The van der Waals surface area contributed by atoms with Gasteiger partial charge in [0.2, 0.25) is 7.44 Å². The largest absolute Gasteiger partial charge is 0.788 e. The van der Waals surface area contributed by atoms with Gasteiger partial charge in [-0.2, -0.15) is 0 Å². The summed E-state index contributed by atoms with van der Waals surface area (Å²) in [4.78, 5) is 33.3. The first-order valence-corrected chi connectivity index (χ1v) is 33.2. The molecule has 0 saturated carbocycles. The highest BCUT2D eigenvalue weighted by molar-refractivity contribution is 7.85. The van der Waals surface area contributed by atoms with Crippen LogP contribution < -0.4 is 29.9 Å². The molecular formula is C38H80B6N5O21P5-4. The number of hydrogen-bond donors (Lipinski definition) is 4. The zero-order valence-electron chi connectivity index (χ0n) is 44.6. The van der Waals surface area contributed by atoms with Crippen molar-refractivity contribution in [2.45, 2.75) is 110 Å². The quantitative estimate of drug-likeness (QED) is 0.0454. The van der Waals surface area contributed by atoms with Crippen LogP contribution in [0.2, 0.25) is 0 Å². The van der Waals surface area contributed by atoms with Crippen LogP contribution in [0.15, 0.2) is 0 Å². The lowest BCUT2D eigenvalue weighted by Gasteiger charge is -2.41. The predicted molar refractivity (Wildman–Crippen MR) is 286 cm³/mol. The lowest BCUT2D eigenvalue weighted by Crippen LogP contribution is -2.48. The maximum absolute atomic E-state index is 12.4. The van der Waals surface area contributed by atoms with Gasteiger partial charge in [-0.25, -0.2) is 9.34 Å². The number of morpholine rings is 1. The van der Waals surface area contributed by atoms with Crippen molar-refractivity contribution in [3.63, 3.8) is 0 Å². The smallest absolute Gasteiger partial charge is 0.213 e. The summed E-state index contributed by atoms with van der Waals surface area (Å²) in [6.45, 7) is 9.22. The molecule has 0 amide bonds. The van der Waals surface area contributed by atoms with Gasteiger partial charge in [0.25, 0.3) is 0 Å². The van der Waals surface area contributed by atoms with Crippen LogP contribution in [-0.2, 0) is 79.5 Å². The minimum Gasteiger partial charge on any atom is -0.788 e. The molecule has 0 spiro atoms. The van der Waals surface area contributed by atoms with Crippen molar-refractivity contribution in [2.75, 3.05) is 136 Å². The molecule has 430 valence electrons. The second-order valence-corrected chi connectivity index (χ2v) is 27.9. The van der Waals surface area contributed by atoms with Crippen molar-refractivity contribution in [1.82, 2.24) is 24.6 Å². The number of methoxy groups -OCH3 is 5. The molecule has 5 saturated heterocycles. The summed E-state index contributed by atoms with van der Waals surface area (Å²) in [6, 6.07) is -3.22. The SMILES string of the molecule is [B]C1CN(P(C)(=O)N(C)C)CC(OC)O1.[B][C@@H]1OCC(OC)[C@@H]1NP(C)(=O)[O-].[B][C@@H]1O[C@H](COC)C(OP(C)(=O)[O-])[C@@H]1OCCCO.[B][C@H]1CC(NP(C)(=O)[O-])[C@@H](COC)O1.[B][C@H]1CC(NP([BH3-])(C)=O)[C@@H](COC)O1. The molecule has 20 atom stereocenters. The molecule has 0 aliphatic carbocycles. The van der Waals surface area contributed by atoms with Crippen LogP contribution in [0.3, 0.4) is 0 Å². The zero-order valence-corrected chi connectivity index (χ0v) is 49.0. The summed E-state index contributed by atoms with van der Waals surface area (Å²) in [7, 11) is 23.8. The summed E-state index contributed by atoms with van der Waals surface area (Å²) in [5.74, 6) is 0. The van der Waals surface area contributed by atoms with Crippen molar-refractivity contribution in [3.8, 4) is 0 Å². The molecular weight excluding hydrogens is 1080 g/mol. The van der Waals surface area contributed by atoms with E-state index in [1.807, 2.05) is 4.67 Å². The Bertz CT molecular complexity index is 1810. The number of hydrogen-bond acceptors (Lipinski definition) is 21. The van der Waals surface area contributed by atoms with E-state index in [2.05, 4.69) is 15.3 Å². The second kappa shape index (κ2) is 35.0. The number of aliphatic hydroxyl groups is 1. The first-order chi connectivity index (χ1) is 34.5. The zero-order chi connectivity index (χ0) is 57.7. The molecule has 5 aliphatic rings. The fourth-order valence-corrected chi connectivity index (χ4v) is 12.1. The topological polar surface area (TPSA) is 328 Å². The molecule has 5 rings (SSSR count). The van der Waals surface area contributed by atoms with Gasteiger partial charge in [-0.3, -0.25) is 19.8 Å². The van der Waals surface area contributed by atoms with Crippen LogP contribution in [0.1, 0.15) is 19.3 Å². The maximum atomic E-state index is 12.4. The minimum atomic E-state index is -3.95. The van der Waals surface area contributed by atoms with E-state index in [0.717, 1.165) is 26.4 Å².